The molecule has 144 valence electrons. The van der Waals surface area contributed by atoms with Crippen molar-refractivity contribution in [3.63, 3.8) is 0 Å². The molecule has 3 rings (SSSR count). The molecule has 0 fully saturated rings. The third-order valence-corrected chi connectivity index (χ3v) is 4.68. The van der Waals surface area contributed by atoms with Gasteiger partial charge in [-0.2, -0.15) is 0 Å². The molecule has 2 aromatic heterocycles. The maximum absolute atomic E-state index is 13.0. The number of benzene rings is 1. The van der Waals surface area contributed by atoms with E-state index in [4.69, 9.17) is 11.6 Å². The highest BCUT2D eigenvalue weighted by molar-refractivity contribution is 9.10. The Hall–Kier alpha value is -2.75. The summed E-state index contributed by atoms with van der Waals surface area (Å²) < 4.78 is 2.18. The number of carbonyl (C=O) groups excluding carboxylic acids is 2. The van der Waals surface area contributed by atoms with Crippen molar-refractivity contribution in [3.05, 3.63) is 69.2 Å². The molecule has 28 heavy (non-hydrogen) atoms. The van der Waals surface area contributed by atoms with E-state index >= 15 is 0 Å². The molecule has 3 N–H and O–H groups in total. The van der Waals surface area contributed by atoms with E-state index in [0.717, 1.165) is 0 Å². The molecule has 1 aromatic carbocycles. The molecule has 3 aromatic rings. The lowest BCUT2D eigenvalue weighted by molar-refractivity contribution is 0.0939. The van der Waals surface area contributed by atoms with Gasteiger partial charge >= 0.3 is 0 Å². The molecule has 0 radical (unpaired) electrons. The minimum atomic E-state index is -0.429. The van der Waals surface area contributed by atoms with Crippen molar-refractivity contribution < 1.29 is 9.59 Å². The van der Waals surface area contributed by atoms with Crippen molar-refractivity contribution in [2.45, 2.75) is 6.92 Å². The van der Waals surface area contributed by atoms with Gasteiger partial charge in [-0.05, 0) is 58.7 Å². The average Bonchev–Trinajstić information content (AvgIpc) is 3.06. The lowest BCUT2D eigenvalue weighted by Gasteiger charge is -2.15. The highest BCUT2D eigenvalue weighted by atomic mass is 79.9. The fourth-order valence-electron chi connectivity index (χ4n) is 2.65. The summed E-state index contributed by atoms with van der Waals surface area (Å²) in [5.74, 6) is -0.515. The van der Waals surface area contributed by atoms with Gasteiger partial charge in [0.1, 0.15) is 5.69 Å². The van der Waals surface area contributed by atoms with Crippen LogP contribution in [-0.4, -0.2) is 33.4 Å². The lowest BCUT2D eigenvalue weighted by Crippen LogP contribution is -2.35. The number of halogens is 2. The Labute approximate surface area is 174 Å². The number of rotatable bonds is 5. The first kappa shape index (κ1) is 20.0. The summed E-state index contributed by atoms with van der Waals surface area (Å²) in [6.07, 6.45) is 3.17. The standard InChI is InChI=1S/C18H16BrClN6O2/c1-10-8-11(20)9-12(16(27)25-21-2)15(10)24-17(28)13-4-5-14(19)26(13)18-22-6-3-7-23-18/h3-9,21H,1-2H3,(H,24,28)(H,25,27). The molecular weight excluding hydrogens is 448 g/mol. The molecule has 2 amide bonds. The van der Waals surface area contributed by atoms with Crippen LogP contribution in [0.1, 0.15) is 26.4 Å². The Morgan fingerprint density at radius 3 is 2.54 bits per heavy atom. The summed E-state index contributed by atoms with van der Waals surface area (Å²) in [6.45, 7) is 1.76. The van der Waals surface area contributed by atoms with E-state index < -0.39 is 11.8 Å². The molecular formula is C18H16BrClN6O2. The second-order valence-corrected chi connectivity index (χ2v) is 6.98. The Bertz CT molecular complexity index is 1040. The molecule has 0 aliphatic carbocycles. The van der Waals surface area contributed by atoms with Gasteiger partial charge in [-0.1, -0.05) is 11.6 Å². The van der Waals surface area contributed by atoms with Gasteiger partial charge in [0, 0.05) is 24.5 Å². The van der Waals surface area contributed by atoms with Crippen LogP contribution >= 0.6 is 27.5 Å². The Morgan fingerprint density at radius 2 is 1.86 bits per heavy atom. The van der Waals surface area contributed by atoms with E-state index in [1.165, 1.54) is 6.07 Å². The molecule has 2 heterocycles. The number of aromatic nitrogens is 3. The first-order chi connectivity index (χ1) is 13.4. The topological polar surface area (TPSA) is 101 Å². The first-order valence-electron chi connectivity index (χ1n) is 8.15. The van der Waals surface area contributed by atoms with Gasteiger partial charge < -0.3 is 5.32 Å². The third-order valence-electron chi connectivity index (χ3n) is 3.84. The molecule has 0 unspecified atom stereocenters. The molecule has 0 aliphatic heterocycles. The second-order valence-electron chi connectivity index (χ2n) is 5.73. The van der Waals surface area contributed by atoms with Crippen molar-refractivity contribution in [2.75, 3.05) is 12.4 Å². The van der Waals surface area contributed by atoms with E-state index in [2.05, 4.69) is 42.1 Å². The Balaban J connectivity index is 2.01. The fraction of sp³-hybridized carbons (Fsp3) is 0.111. The molecule has 0 bridgehead atoms. The number of anilines is 1. The molecule has 0 saturated carbocycles. The summed E-state index contributed by atoms with van der Waals surface area (Å²) in [4.78, 5) is 33.7. The quantitative estimate of drug-likeness (QED) is 0.505. The monoisotopic (exact) mass is 462 g/mol. The van der Waals surface area contributed by atoms with Crippen molar-refractivity contribution in [2.24, 2.45) is 0 Å². The van der Waals surface area contributed by atoms with Gasteiger partial charge in [0.25, 0.3) is 11.8 Å². The van der Waals surface area contributed by atoms with E-state index in [1.54, 1.807) is 55.2 Å². The van der Waals surface area contributed by atoms with Gasteiger partial charge in [-0.15, -0.1) is 0 Å². The van der Waals surface area contributed by atoms with Crippen LogP contribution < -0.4 is 16.2 Å². The van der Waals surface area contributed by atoms with E-state index in [-0.39, 0.29) is 5.56 Å². The molecule has 0 aliphatic rings. The summed E-state index contributed by atoms with van der Waals surface area (Å²) in [7, 11) is 1.57. The predicted molar refractivity (Wildman–Crippen MR) is 110 cm³/mol. The Kier molecular flexibility index (Phi) is 6.08. The second kappa shape index (κ2) is 8.51. The number of carbonyl (C=O) groups is 2. The van der Waals surface area contributed by atoms with Crippen LogP contribution in [0.25, 0.3) is 5.95 Å². The number of nitrogens with zero attached hydrogens (tertiary/aromatic N) is 3. The maximum atomic E-state index is 13.0. The van der Waals surface area contributed by atoms with Gasteiger partial charge in [-0.25, -0.2) is 15.4 Å². The number of hydrazine groups is 1. The zero-order valence-electron chi connectivity index (χ0n) is 15.0. The number of aryl methyl sites for hydroxylation is 1. The normalized spacial score (nSPS) is 10.6. The minimum absolute atomic E-state index is 0.237. The van der Waals surface area contributed by atoms with E-state index in [1.807, 2.05) is 0 Å². The molecule has 8 nitrogen and oxygen atoms in total. The van der Waals surface area contributed by atoms with Gasteiger partial charge in [0.15, 0.2) is 0 Å². The highest BCUT2D eigenvalue weighted by Gasteiger charge is 2.21. The number of hydrogen-bond acceptors (Lipinski definition) is 5. The first-order valence-corrected chi connectivity index (χ1v) is 9.32. The van der Waals surface area contributed by atoms with Crippen molar-refractivity contribution in [1.29, 1.82) is 0 Å². The van der Waals surface area contributed by atoms with Crippen molar-refractivity contribution in [1.82, 2.24) is 25.4 Å². The smallest absolute Gasteiger partial charge is 0.272 e. The van der Waals surface area contributed by atoms with Crippen LogP contribution in [0.4, 0.5) is 5.69 Å². The predicted octanol–water partition coefficient (Wildman–Crippen LogP) is 3.11. The Morgan fingerprint density at radius 1 is 1.14 bits per heavy atom. The molecule has 0 saturated heterocycles. The maximum Gasteiger partial charge on any atom is 0.272 e. The van der Waals surface area contributed by atoms with Crippen LogP contribution in [-0.2, 0) is 0 Å². The van der Waals surface area contributed by atoms with Gasteiger partial charge in [-0.3, -0.25) is 19.6 Å². The lowest BCUT2D eigenvalue weighted by atomic mass is 10.1. The zero-order valence-corrected chi connectivity index (χ0v) is 17.3. The third kappa shape index (κ3) is 4.06. The summed E-state index contributed by atoms with van der Waals surface area (Å²) >= 11 is 9.49. The minimum Gasteiger partial charge on any atom is -0.320 e. The summed E-state index contributed by atoms with van der Waals surface area (Å²) in [5.41, 5.74) is 6.59. The molecule has 0 spiro atoms. The van der Waals surface area contributed by atoms with Crippen LogP contribution in [0.3, 0.4) is 0 Å². The largest absolute Gasteiger partial charge is 0.320 e. The van der Waals surface area contributed by atoms with Crippen LogP contribution in [0, 0.1) is 6.92 Å². The zero-order chi connectivity index (χ0) is 20.3. The summed E-state index contributed by atoms with van der Waals surface area (Å²) in [6, 6.07) is 8.20. The summed E-state index contributed by atoms with van der Waals surface area (Å²) in [5, 5.41) is 3.19. The number of hydrogen-bond donors (Lipinski definition) is 3. The SMILES string of the molecule is CNNC(=O)c1cc(Cl)cc(C)c1NC(=O)c1ccc(Br)n1-c1ncccn1. The number of amides is 2. The number of nitrogens with one attached hydrogen (secondary N) is 3. The van der Waals surface area contributed by atoms with Crippen LogP contribution in [0.2, 0.25) is 5.02 Å². The van der Waals surface area contributed by atoms with Crippen LogP contribution in [0.15, 0.2) is 47.3 Å². The fourth-order valence-corrected chi connectivity index (χ4v) is 3.40. The van der Waals surface area contributed by atoms with Gasteiger partial charge in [0.05, 0.1) is 15.9 Å². The van der Waals surface area contributed by atoms with Gasteiger partial charge in [0.2, 0.25) is 5.95 Å². The molecule has 0 atom stereocenters. The van der Waals surface area contributed by atoms with Crippen molar-refractivity contribution in [3.8, 4) is 5.95 Å². The van der Waals surface area contributed by atoms with E-state index in [0.29, 0.717) is 32.5 Å². The van der Waals surface area contributed by atoms with Crippen LogP contribution in [0.5, 0.6) is 0 Å². The average molecular weight is 464 g/mol. The molecule has 10 heteroatoms. The van der Waals surface area contributed by atoms with E-state index in [9.17, 15) is 9.59 Å². The highest BCUT2D eigenvalue weighted by Crippen LogP contribution is 2.27. The van der Waals surface area contributed by atoms with Crippen molar-refractivity contribution >= 4 is 45.0 Å².